The Morgan fingerprint density at radius 2 is 1.97 bits per heavy atom. The predicted molar refractivity (Wildman–Crippen MR) is 115 cm³/mol. The highest BCUT2D eigenvalue weighted by Gasteiger charge is 2.23. The molecule has 0 spiro atoms. The molecule has 1 aliphatic rings. The van der Waals surface area contributed by atoms with Gasteiger partial charge in [0, 0.05) is 37.1 Å². The third-order valence-corrected chi connectivity index (χ3v) is 5.14. The van der Waals surface area contributed by atoms with Crippen LogP contribution in [0.15, 0.2) is 54.7 Å². The maximum atomic E-state index is 13.1. The fourth-order valence-corrected chi connectivity index (χ4v) is 3.42. The van der Waals surface area contributed by atoms with Crippen LogP contribution in [0.2, 0.25) is 0 Å². The van der Waals surface area contributed by atoms with Gasteiger partial charge in [0.2, 0.25) is 5.88 Å². The second-order valence-corrected chi connectivity index (χ2v) is 7.26. The molecule has 10 heteroatoms. The first-order valence-electron chi connectivity index (χ1n) is 10.0. The van der Waals surface area contributed by atoms with Crippen molar-refractivity contribution in [2.45, 2.75) is 18.9 Å². The van der Waals surface area contributed by atoms with E-state index in [-0.39, 0.29) is 35.4 Å². The topological polar surface area (TPSA) is 124 Å². The zero-order valence-electron chi connectivity index (χ0n) is 17.0. The van der Waals surface area contributed by atoms with Crippen LogP contribution in [-0.4, -0.2) is 56.2 Å². The number of aromatic hydroxyl groups is 1. The second-order valence-electron chi connectivity index (χ2n) is 7.26. The lowest BCUT2D eigenvalue weighted by molar-refractivity contribution is 0.0708. The van der Waals surface area contributed by atoms with Gasteiger partial charge in [-0.1, -0.05) is 0 Å². The van der Waals surface area contributed by atoms with Crippen LogP contribution < -0.4 is 10.1 Å². The fourth-order valence-electron chi connectivity index (χ4n) is 3.42. The zero-order chi connectivity index (χ0) is 22.5. The number of carbonyl (C=O) groups excluding carboxylic acids is 1. The van der Waals surface area contributed by atoms with E-state index in [4.69, 9.17) is 10.1 Å². The van der Waals surface area contributed by atoms with Gasteiger partial charge in [-0.15, -0.1) is 0 Å². The van der Waals surface area contributed by atoms with E-state index in [1.165, 1.54) is 36.7 Å². The quantitative estimate of drug-likeness (QED) is 0.401. The molecular weight excluding hydrogens is 415 g/mol. The van der Waals surface area contributed by atoms with Gasteiger partial charge >= 0.3 is 6.01 Å². The maximum absolute atomic E-state index is 13.1. The van der Waals surface area contributed by atoms with Crippen LogP contribution in [0.3, 0.4) is 0 Å². The summed E-state index contributed by atoms with van der Waals surface area (Å²) in [6.45, 7) is 1.11. The molecule has 1 fully saturated rings. The number of likely N-dealkylation sites (tertiary alicyclic amines) is 1. The lowest BCUT2D eigenvalue weighted by atomic mass is 10.0. The summed E-state index contributed by atoms with van der Waals surface area (Å²) in [6.07, 6.45) is 6.96. The lowest BCUT2D eigenvalue weighted by Crippen LogP contribution is -2.43. The van der Waals surface area contributed by atoms with Crippen molar-refractivity contribution in [3.05, 3.63) is 66.1 Å². The van der Waals surface area contributed by atoms with Gasteiger partial charge in [0.15, 0.2) is 5.76 Å². The van der Waals surface area contributed by atoms with Crippen LogP contribution in [0, 0.1) is 11.2 Å². The van der Waals surface area contributed by atoms with Crippen molar-refractivity contribution in [2.75, 3.05) is 13.1 Å². The van der Waals surface area contributed by atoms with Gasteiger partial charge < -0.3 is 25.5 Å². The summed E-state index contributed by atoms with van der Waals surface area (Å²) in [7, 11) is 0. The largest absolute Gasteiger partial charge is 0.493 e. The van der Waals surface area contributed by atoms with Crippen molar-refractivity contribution in [3.63, 3.8) is 0 Å². The Labute approximate surface area is 183 Å². The number of aromatic nitrogens is 3. The molecule has 0 unspecified atom stereocenters. The van der Waals surface area contributed by atoms with Gasteiger partial charge in [0.1, 0.15) is 5.82 Å². The van der Waals surface area contributed by atoms with Gasteiger partial charge in [0.25, 0.3) is 5.91 Å². The number of nitrogens with zero attached hydrogens (tertiary/aromatic N) is 4. The van der Waals surface area contributed by atoms with Crippen LogP contribution in [-0.2, 0) is 0 Å². The number of halogens is 1. The van der Waals surface area contributed by atoms with E-state index in [2.05, 4.69) is 20.3 Å². The number of nitrogens with one attached hydrogen (secondary N) is 2. The van der Waals surface area contributed by atoms with Crippen molar-refractivity contribution in [2.24, 2.45) is 0 Å². The van der Waals surface area contributed by atoms with Crippen molar-refractivity contribution in [1.82, 2.24) is 25.2 Å². The smallest absolute Gasteiger partial charge is 0.326 e. The monoisotopic (exact) mass is 436 g/mol. The standard InChI is InChI=1S/C22H21FN6O3/c23-15-3-1-14(2-4-15)21(31)29-9-6-16(7-10-29)26-12-17(11-24)32-22-27-19-13-25-8-5-18(19)20(30)28-22/h1-5,8,11-13,16,24,26H,6-7,9-10H2,(H,27,28,30)/b17-12+,24-11?. The van der Waals surface area contributed by atoms with E-state index < -0.39 is 0 Å². The minimum atomic E-state index is -0.374. The molecule has 1 aromatic carbocycles. The first-order valence-corrected chi connectivity index (χ1v) is 10.0. The van der Waals surface area contributed by atoms with E-state index in [9.17, 15) is 14.3 Å². The third kappa shape index (κ3) is 4.80. The molecule has 0 bridgehead atoms. The molecular formula is C22H21FN6O3. The van der Waals surface area contributed by atoms with Gasteiger partial charge in [-0.3, -0.25) is 9.78 Å². The predicted octanol–water partition coefficient (Wildman–Crippen LogP) is 2.63. The average molecular weight is 436 g/mol. The highest BCUT2D eigenvalue weighted by molar-refractivity contribution is 5.94. The Morgan fingerprint density at radius 3 is 2.69 bits per heavy atom. The molecule has 164 valence electrons. The van der Waals surface area contributed by atoms with Crippen molar-refractivity contribution in [1.29, 1.82) is 5.41 Å². The average Bonchev–Trinajstić information content (AvgIpc) is 2.82. The number of carbonyl (C=O) groups is 1. The zero-order valence-corrected chi connectivity index (χ0v) is 17.0. The summed E-state index contributed by atoms with van der Waals surface area (Å²) in [6, 6.07) is 7.11. The second kappa shape index (κ2) is 9.38. The molecule has 4 rings (SSSR count). The summed E-state index contributed by atoms with van der Waals surface area (Å²) in [4.78, 5) is 26.3. The molecule has 3 heterocycles. The van der Waals surface area contributed by atoms with E-state index in [1.54, 1.807) is 17.2 Å². The number of benzene rings is 1. The molecule has 0 saturated carbocycles. The number of amides is 1. The third-order valence-electron chi connectivity index (χ3n) is 5.14. The van der Waals surface area contributed by atoms with E-state index in [1.807, 2.05) is 0 Å². The molecule has 0 atom stereocenters. The van der Waals surface area contributed by atoms with Gasteiger partial charge in [-0.25, -0.2) is 4.39 Å². The first kappa shape index (κ1) is 21.2. The van der Waals surface area contributed by atoms with Gasteiger partial charge in [0.05, 0.1) is 23.3 Å². The summed E-state index contributed by atoms with van der Waals surface area (Å²) >= 11 is 0. The molecule has 1 amide bonds. The summed E-state index contributed by atoms with van der Waals surface area (Å²) < 4.78 is 18.6. The Hall–Kier alpha value is -4.08. The number of piperidine rings is 1. The van der Waals surface area contributed by atoms with Crippen molar-refractivity contribution < 1.29 is 19.0 Å². The molecule has 1 saturated heterocycles. The molecule has 0 radical (unpaired) electrons. The Bertz CT molecular complexity index is 1160. The van der Waals surface area contributed by atoms with Gasteiger partial charge in [-0.2, -0.15) is 9.97 Å². The number of hydrogen-bond donors (Lipinski definition) is 3. The van der Waals surface area contributed by atoms with Crippen molar-refractivity contribution in [3.8, 4) is 11.9 Å². The maximum Gasteiger partial charge on any atom is 0.326 e. The lowest BCUT2D eigenvalue weighted by Gasteiger charge is -2.32. The van der Waals surface area contributed by atoms with E-state index >= 15 is 0 Å². The minimum Gasteiger partial charge on any atom is -0.493 e. The molecule has 9 nitrogen and oxygen atoms in total. The Balaban J connectivity index is 1.34. The molecule has 2 aromatic heterocycles. The van der Waals surface area contributed by atoms with Gasteiger partial charge in [-0.05, 0) is 43.2 Å². The van der Waals surface area contributed by atoms with E-state index in [0.717, 1.165) is 6.21 Å². The Morgan fingerprint density at radius 1 is 1.22 bits per heavy atom. The highest BCUT2D eigenvalue weighted by atomic mass is 19.1. The summed E-state index contributed by atoms with van der Waals surface area (Å²) in [5, 5.41) is 21.3. The molecule has 3 N–H and O–H groups in total. The Kier molecular flexibility index (Phi) is 6.20. The SMILES string of the molecule is N=C/C(=C\NC1CCN(C(=O)c2ccc(F)cc2)CC1)Oc1nc(O)c2ccncc2n1. The van der Waals surface area contributed by atoms with Crippen LogP contribution in [0.25, 0.3) is 10.9 Å². The van der Waals surface area contributed by atoms with Crippen LogP contribution >= 0.6 is 0 Å². The fraction of sp³-hybridized carbons (Fsp3) is 0.227. The first-order chi connectivity index (χ1) is 15.5. The number of rotatable bonds is 6. The number of fused-ring (bicyclic) bond motifs is 1. The van der Waals surface area contributed by atoms with E-state index in [0.29, 0.717) is 42.4 Å². The van der Waals surface area contributed by atoms with Crippen molar-refractivity contribution >= 4 is 23.0 Å². The summed E-state index contributed by atoms with van der Waals surface area (Å²) in [5.74, 6) is -0.563. The minimum absolute atomic E-state index is 0.0842. The van der Waals surface area contributed by atoms with Crippen LogP contribution in [0.1, 0.15) is 23.2 Å². The summed E-state index contributed by atoms with van der Waals surface area (Å²) in [5.41, 5.74) is 0.886. The normalized spacial score (nSPS) is 14.9. The van der Waals surface area contributed by atoms with Crippen LogP contribution in [0.4, 0.5) is 4.39 Å². The molecule has 32 heavy (non-hydrogen) atoms. The number of ether oxygens (including phenoxy) is 1. The number of pyridine rings is 1. The number of hydrogen-bond acceptors (Lipinski definition) is 8. The number of allylic oxidation sites excluding steroid dienone is 1. The van der Waals surface area contributed by atoms with Crippen LogP contribution in [0.5, 0.6) is 11.9 Å². The highest BCUT2D eigenvalue weighted by Crippen LogP contribution is 2.23. The molecule has 1 aliphatic heterocycles. The molecule has 3 aromatic rings. The molecule has 0 aliphatic carbocycles.